The van der Waals surface area contributed by atoms with E-state index in [0.29, 0.717) is 25.4 Å². The Hall–Kier alpha value is -2.90. The lowest BCUT2D eigenvalue weighted by Gasteiger charge is -2.33. The van der Waals surface area contributed by atoms with E-state index in [-0.39, 0.29) is 29.8 Å². The summed E-state index contributed by atoms with van der Waals surface area (Å²) in [5.74, 6) is 0.901. The zero-order valence-corrected chi connectivity index (χ0v) is 24.5. The zero-order valence-electron chi connectivity index (χ0n) is 24.5. The fourth-order valence-corrected chi connectivity index (χ4v) is 4.70. The number of nitrogens with two attached hydrogens (primary N) is 1. The zero-order chi connectivity index (χ0) is 28.6. The number of unbranched alkanes of at least 4 members (excludes halogenated alkanes) is 1. The molecule has 0 aliphatic heterocycles. The summed E-state index contributed by atoms with van der Waals surface area (Å²) < 4.78 is 17.7. The highest BCUT2D eigenvalue weighted by Crippen LogP contribution is 2.33. The second-order valence-electron chi connectivity index (χ2n) is 12.4. The molecular weight excluding hydrogens is 492 g/mol. The first-order valence-corrected chi connectivity index (χ1v) is 14.1. The number of aliphatic hydroxyl groups excluding tert-OH is 1. The van der Waals surface area contributed by atoms with Crippen LogP contribution in [0.5, 0.6) is 5.75 Å². The number of furan rings is 1. The maximum absolute atomic E-state index is 12.7. The molecule has 0 saturated heterocycles. The molecule has 7 heteroatoms. The number of carbonyl (C=O) groups is 1. The van der Waals surface area contributed by atoms with E-state index in [1.54, 1.807) is 6.20 Å². The molecule has 2 unspecified atom stereocenters. The van der Waals surface area contributed by atoms with Crippen molar-refractivity contribution in [2.75, 3.05) is 19.8 Å². The number of aryl methyl sites for hydroxylation is 1. The highest BCUT2D eigenvalue weighted by Gasteiger charge is 2.36. The Morgan fingerprint density at radius 2 is 1.90 bits per heavy atom. The molecule has 2 heterocycles. The van der Waals surface area contributed by atoms with Gasteiger partial charge in [-0.05, 0) is 81.2 Å². The SMILES string of the molecule is CCc1ccncc1-c1cc2ccc(OCC(CO)CCCCOC(=O)C(CC(C)(C)C)C(C)(C)N)cc2o1. The van der Waals surface area contributed by atoms with Crippen LogP contribution in [0, 0.1) is 17.3 Å². The first-order chi connectivity index (χ1) is 18.4. The number of esters is 1. The van der Waals surface area contributed by atoms with Gasteiger partial charge in [0.2, 0.25) is 0 Å². The Morgan fingerprint density at radius 3 is 2.56 bits per heavy atom. The summed E-state index contributed by atoms with van der Waals surface area (Å²) in [4.78, 5) is 17.0. The third kappa shape index (κ3) is 9.07. The van der Waals surface area contributed by atoms with Crippen LogP contribution in [0.4, 0.5) is 0 Å². The van der Waals surface area contributed by atoms with E-state index in [1.165, 1.54) is 5.56 Å². The molecule has 0 aliphatic carbocycles. The molecule has 0 bridgehead atoms. The Bertz CT molecular complexity index is 1210. The minimum absolute atomic E-state index is 0.0114. The van der Waals surface area contributed by atoms with E-state index in [4.69, 9.17) is 19.6 Å². The molecular formula is C32H46N2O5. The van der Waals surface area contributed by atoms with Gasteiger partial charge in [-0.1, -0.05) is 27.7 Å². The minimum Gasteiger partial charge on any atom is -0.493 e. The average Bonchev–Trinajstić information content (AvgIpc) is 3.31. The van der Waals surface area contributed by atoms with Gasteiger partial charge < -0.3 is 24.7 Å². The van der Waals surface area contributed by atoms with Crippen LogP contribution in [0.2, 0.25) is 0 Å². The van der Waals surface area contributed by atoms with E-state index >= 15 is 0 Å². The summed E-state index contributed by atoms with van der Waals surface area (Å²) in [6.07, 6.45) is 7.53. The molecule has 7 nitrogen and oxygen atoms in total. The molecule has 1 aromatic carbocycles. The van der Waals surface area contributed by atoms with E-state index in [9.17, 15) is 9.90 Å². The molecule has 2 atom stereocenters. The smallest absolute Gasteiger partial charge is 0.310 e. The number of ether oxygens (including phenoxy) is 2. The van der Waals surface area contributed by atoms with Crippen molar-refractivity contribution in [3.63, 3.8) is 0 Å². The van der Waals surface area contributed by atoms with E-state index in [1.807, 2.05) is 50.4 Å². The van der Waals surface area contributed by atoms with Crippen molar-refractivity contribution < 1.29 is 23.8 Å². The topological polar surface area (TPSA) is 108 Å². The number of benzene rings is 1. The largest absolute Gasteiger partial charge is 0.493 e. The normalized spacial score (nSPS) is 13.8. The monoisotopic (exact) mass is 538 g/mol. The van der Waals surface area contributed by atoms with Crippen molar-refractivity contribution in [3.8, 4) is 17.1 Å². The molecule has 0 radical (unpaired) electrons. The number of fused-ring (bicyclic) bond motifs is 1. The van der Waals surface area contributed by atoms with E-state index in [0.717, 1.165) is 48.0 Å². The van der Waals surface area contributed by atoms with Crippen LogP contribution in [0.1, 0.15) is 72.8 Å². The molecule has 214 valence electrons. The number of aromatic nitrogens is 1. The van der Waals surface area contributed by atoms with Gasteiger partial charge in [0.15, 0.2) is 0 Å². The molecule has 0 saturated carbocycles. The lowest BCUT2D eigenvalue weighted by Crippen LogP contribution is -2.47. The van der Waals surface area contributed by atoms with Gasteiger partial charge in [0, 0.05) is 47.5 Å². The third-order valence-electron chi connectivity index (χ3n) is 7.04. The van der Waals surface area contributed by atoms with Crippen LogP contribution in [0.15, 0.2) is 47.1 Å². The molecule has 3 rings (SSSR count). The van der Waals surface area contributed by atoms with Crippen molar-refractivity contribution in [1.29, 1.82) is 0 Å². The van der Waals surface area contributed by atoms with Crippen LogP contribution in [-0.2, 0) is 16.0 Å². The first-order valence-electron chi connectivity index (χ1n) is 14.1. The van der Waals surface area contributed by atoms with E-state index < -0.39 is 5.54 Å². The summed E-state index contributed by atoms with van der Waals surface area (Å²) in [5.41, 5.74) is 8.56. The molecule has 39 heavy (non-hydrogen) atoms. The van der Waals surface area contributed by atoms with Crippen molar-refractivity contribution in [2.45, 2.75) is 79.2 Å². The van der Waals surface area contributed by atoms with Gasteiger partial charge in [0.05, 0.1) is 19.1 Å². The second kappa shape index (κ2) is 13.4. The van der Waals surface area contributed by atoms with Gasteiger partial charge in [0.1, 0.15) is 17.1 Å². The molecule has 3 aromatic rings. The molecule has 0 amide bonds. The van der Waals surface area contributed by atoms with Crippen LogP contribution >= 0.6 is 0 Å². The number of hydrogen-bond donors (Lipinski definition) is 2. The number of pyridine rings is 1. The van der Waals surface area contributed by atoms with Gasteiger partial charge >= 0.3 is 5.97 Å². The van der Waals surface area contributed by atoms with Gasteiger partial charge in [-0.2, -0.15) is 0 Å². The van der Waals surface area contributed by atoms with Gasteiger partial charge in [0.25, 0.3) is 0 Å². The average molecular weight is 539 g/mol. The van der Waals surface area contributed by atoms with Crippen molar-refractivity contribution in [3.05, 3.63) is 48.3 Å². The fourth-order valence-electron chi connectivity index (χ4n) is 4.70. The summed E-state index contributed by atoms with van der Waals surface area (Å²) in [7, 11) is 0. The lowest BCUT2D eigenvalue weighted by molar-refractivity contribution is -0.152. The molecule has 2 aromatic heterocycles. The van der Waals surface area contributed by atoms with Crippen molar-refractivity contribution >= 4 is 16.9 Å². The molecule has 0 fully saturated rings. The summed E-state index contributed by atoms with van der Waals surface area (Å²) in [5, 5.41) is 10.9. The van der Waals surface area contributed by atoms with Gasteiger partial charge in [-0.25, -0.2) is 0 Å². The maximum Gasteiger partial charge on any atom is 0.310 e. The fraction of sp³-hybridized carbons (Fsp3) is 0.562. The van der Waals surface area contributed by atoms with Gasteiger partial charge in [-0.15, -0.1) is 0 Å². The molecule has 0 spiro atoms. The number of hydrogen-bond acceptors (Lipinski definition) is 7. The Morgan fingerprint density at radius 1 is 1.13 bits per heavy atom. The number of nitrogens with zero attached hydrogens (tertiary/aromatic N) is 1. The van der Waals surface area contributed by atoms with Crippen molar-refractivity contribution in [1.82, 2.24) is 4.98 Å². The summed E-state index contributed by atoms with van der Waals surface area (Å²) in [6.45, 7) is 12.9. The maximum atomic E-state index is 12.7. The van der Waals surface area contributed by atoms with Crippen LogP contribution in [-0.4, -0.2) is 41.4 Å². The van der Waals surface area contributed by atoms with Crippen LogP contribution in [0.3, 0.4) is 0 Å². The van der Waals surface area contributed by atoms with Gasteiger partial charge in [-0.3, -0.25) is 9.78 Å². The predicted molar refractivity (Wildman–Crippen MR) is 156 cm³/mol. The summed E-state index contributed by atoms with van der Waals surface area (Å²) in [6, 6.07) is 9.84. The minimum atomic E-state index is -0.638. The standard InChI is InChI=1S/C32H46N2O5/c1-7-23-13-14-34-19-26(23)29-16-24-11-12-25(17-28(24)39-29)38-21-22(20-35)10-8-9-15-37-30(36)27(32(5,6)33)18-31(2,3)4/h11-14,16-17,19,22,27,35H,7-10,15,18,20-21,33H2,1-6H3. The Labute approximate surface area is 233 Å². The Balaban J connectivity index is 1.47. The van der Waals surface area contributed by atoms with E-state index in [2.05, 4.69) is 32.7 Å². The highest BCUT2D eigenvalue weighted by atomic mass is 16.5. The van der Waals surface area contributed by atoms with Crippen molar-refractivity contribution in [2.24, 2.45) is 23.0 Å². The third-order valence-corrected chi connectivity index (χ3v) is 7.04. The first kappa shape index (κ1) is 30.6. The quantitative estimate of drug-likeness (QED) is 0.177. The summed E-state index contributed by atoms with van der Waals surface area (Å²) >= 11 is 0. The van der Waals surface area contributed by atoms with Crippen LogP contribution < -0.4 is 10.5 Å². The Kier molecular flexibility index (Phi) is 10.6. The highest BCUT2D eigenvalue weighted by molar-refractivity contribution is 5.84. The second-order valence-corrected chi connectivity index (χ2v) is 12.4. The van der Waals surface area contributed by atoms with Crippen LogP contribution in [0.25, 0.3) is 22.3 Å². The lowest BCUT2D eigenvalue weighted by atomic mass is 9.76. The molecule has 3 N–H and O–H groups in total. The number of carbonyl (C=O) groups excluding carboxylic acids is 1. The number of aliphatic hydroxyl groups is 1. The predicted octanol–water partition coefficient (Wildman–Crippen LogP) is 6.55. The molecule has 0 aliphatic rings. The number of rotatable bonds is 14.